The number of hydrogen-bond donors (Lipinski definition) is 2. The number of halogens is 2. The van der Waals surface area contributed by atoms with E-state index in [1.807, 2.05) is 0 Å². The molecule has 3 N–H and O–H groups in total. The van der Waals surface area contributed by atoms with E-state index in [0.717, 1.165) is 0 Å². The van der Waals surface area contributed by atoms with E-state index >= 15 is 0 Å². The predicted molar refractivity (Wildman–Crippen MR) is 104 cm³/mol. The van der Waals surface area contributed by atoms with Crippen LogP contribution in [0.15, 0.2) is 73.1 Å². The van der Waals surface area contributed by atoms with Gasteiger partial charge in [-0.2, -0.15) is 0 Å². The first kappa shape index (κ1) is 18.4. The summed E-state index contributed by atoms with van der Waals surface area (Å²) in [5.74, 6) is -0.0892. The summed E-state index contributed by atoms with van der Waals surface area (Å²) in [7, 11) is 0. The summed E-state index contributed by atoms with van der Waals surface area (Å²) >= 11 is 6.00. The molecule has 3 aromatic rings. The summed E-state index contributed by atoms with van der Waals surface area (Å²) in [5, 5.41) is 3.12. The Bertz CT molecular complexity index is 1010. The first-order chi connectivity index (χ1) is 12.9. The molecule has 0 amide bonds. The van der Waals surface area contributed by atoms with Gasteiger partial charge in [-0.3, -0.25) is 4.79 Å². The number of hydrogen-bond acceptors (Lipinski definition) is 5. The van der Waals surface area contributed by atoms with E-state index in [4.69, 9.17) is 22.1 Å². The van der Waals surface area contributed by atoms with Gasteiger partial charge in [0, 0.05) is 11.8 Å². The SMILES string of the molecule is C=C(Nc1cc(F)ccc1N)C(=O)c1ccc(Oc2ncccc2Cl)cc1. The molecular weight excluding hydrogens is 369 g/mol. The normalized spacial score (nSPS) is 10.3. The van der Waals surface area contributed by atoms with Crippen molar-refractivity contribution in [2.45, 2.75) is 0 Å². The van der Waals surface area contributed by atoms with Gasteiger partial charge in [-0.15, -0.1) is 0 Å². The van der Waals surface area contributed by atoms with E-state index in [9.17, 15) is 9.18 Å². The van der Waals surface area contributed by atoms with Gasteiger partial charge in [-0.25, -0.2) is 9.37 Å². The minimum atomic E-state index is -0.471. The second-order valence-corrected chi connectivity index (χ2v) is 5.99. The number of benzene rings is 2. The van der Waals surface area contributed by atoms with Crippen molar-refractivity contribution in [1.82, 2.24) is 4.98 Å². The zero-order valence-electron chi connectivity index (χ0n) is 14.1. The zero-order valence-corrected chi connectivity index (χ0v) is 14.8. The topological polar surface area (TPSA) is 77.2 Å². The standard InChI is InChI=1S/C20H15ClFN3O2/c1-12(25-18-11-14(22)6-9-17(18)23)19(26)13-4-7-15(8-5-13)27-20-16(21)3-2-10-24-20/h2-11,25H,1,23H2. The smallest absolute Gasteiger partial charge is 0.238 e. The van der Waals surface area contributed by atoms with Gasteiger partial charge in [-0.05, 0) is 54.6 Å². The zero-order chi connectivity index (χ0) is 19.4. The average molecular weight is 384 g/mol. The van der Waals surface area contributed by atoms with Crippen LogP contribution in [-0.4, -0.2) is 10.8 Å². The lowest BCUT2D eigenvalue weighted by Crippen LogP contribution is -2.11. The third-order valence-electron chi connectivity index (χ3n) is 3.63. The number of carbonyl (C=O) groups is 1. The summed E-state index contributed by atoms with van der Waals surface area (Å²) in [5.41, 5.74) is 6.79. The Morgan fingerprint density at radius 2 is 1.93 bits per heavy atom. The number of ketones is 1. The van der Waals surface area contributed by atoms with Crippen molar-refractivity contribution in [3.8, 4) is 11.6 Å². The van der Waals surface area contributed by atoms with Gasteiger partial charge in [0.1, 0.15) is 16.6 Å². The molecular formula is C20H15ClFN3O2. The molecule has 0 aliphatic carbocycles. The maximum Gasteiger partial charge on any atom is 0.238 e. The van der Waals surface area contributed by atoms with Crippen molar-refractivity contribution in [2.24, 2.45) is 0 Å². The van der Waals surface area contributed by atoms with Gasteiger partial charge < -0.3 is 15.8 Å². The van der Waals surface area contributed by atoms with Crippen molar-refractivity contribution in [3.05, 3.63) is 89.5 Å². The average Bonchev–Trinajstić information content (AvgIpc) is 2.66. The van der Waals surface area contributed by atoms with Crippen molar-refractivity contribution in [1.29, 1.82) is 0 Å². The molecule has 1 aromatic heterocycles. The molecule has 0 saturated carbocycles. The minimum Gasteiger partial charge on any atom is -0.438 e. The van der Waals surface area contributed by atoms with E-state index in [1.165, 1.54) is 18.2 Å². The molecule has 0 saturated heterocycles. The Morgan fingerprint density at radius 1 is 1.19 bits per heavy atom. The molecule has 0 aliphatic heterocycles. The molecule has 0 radical (unpaired) electrons. The quantitative estimate of drug-likeness (QED) is 0.353. The monoisotopic (exact) mass is 383 g/mol. The number of Topliss-reactive ketones (excluding diaryl/α,β-unsaturated/α-hetero) is 1. The fraction of sp³-hybridized carbons (Fsp3) is 0. The molecule has 0 atom stereocenters. The summed E-state index contributed by atoms with van der Waals surface area (Å²) < 4.78 is 18.9. The van der Waals surface area contributed by atoms with Gasteiger partial charge in [-0.1, -0.05) is 18.2 Å². The van der Waals surface area contributed by atoms with Crippen LogP contribution in [-0.2, 0) is 0 Å². The minimum absolute atomic E-state index is 0.0636. The Kier molecular flexibility index (Phi) is 5.38. The third-order valence-corrected chi connectivity index (χ3v) is 3.92. The van der Waals surface area contributed by atoms with E-state index < -0.39 is 5.82 Å². The number of carbonyl (C=O) groups excluding carboxylic acids is 1. The highest BCUT2D eigenvalue weighted by Crippen LogP contribution is 2.27. The summed E-state index contributed by atoms with van der Waals surface area (Å²) in [4.78, 5) is 16.5. The molecule has 0 bridgehead atoms. The molecule has 0 aliphatic rings. The number of nitrogens with zero attached hydrogens (tertiary/aromatic N) is 1. The maximum absolute atomic E-state index is 13.3. The molecule has 0 fully saturated rings. The van der Waals surface area contributed by atoms with E-state index in [-0.39, 0.29) is 23.0 Å². The lowest BCUT2D eigenvalue weighted by Gasteiger charge is -2.12. The van der Waals surface area contributed by atoms with Gasteiger partial charge >= 0.3 is 0 Å². The highest BCUT2D eigenvalue weighted by Gasteiger charge is 2.13. The van der Waals surface area contributed by atoms with Gasteiger partial charge in [0.05, 0.1) is 17.1 Å². The summed E-state index contributed by atoms with van der Waals surface area (Å²) in [6.07, 6.45) is 1.56. The number of allylic oxidation sites excluding steroid dienone is 1. The molecule has 0 unspecified atom stereocenters. The van der Waals surface area contributed by atoms with Crippen molar-refractivity contribution in [2.75, 3.05) is 11.1 Å². The number of nitrogens with two attached hydrogens (primary N) is 1. The predicted octanol–water partition coefficient (Wildman–Crippen LogP) is 5.06. The fourth-order valence-corrected chi connectivity index (χ4v) is 2.42. The van der Waals surface area contributed by atoms with Gasteiger partial charge in [0.15, 0.2) is 0 Å². The largest absolute Gasteiger partial charge is 0.438 e. The van der Waals surface area contributed by atoms with Crippen LogP contribution in [0.1, 0.15) is 10.4 Å². The van der Waals surface area contributed by atoms with Crippen LogP contribution in [0.5, 0.6) is 11.6 Å². The number of anilines is 2. The van der Waals surface area contributed by atoms with Crippen LogP contribution in [0, 0.1) is 5.82 Å². The molecule has 3 rings (SSSR count). The number of rotatable bonds is 6. The van der Waals surface area contributed by atoms with Crippen LogP contribution >= 0.6 is 11.6 Å². The van der Waals surface area contributed by atoms with Crippen LogP contribution in [0.4, 0.5) is 15.8 Å². The highest BCUT2D eigenvalue weighted by atomic mass is 35.5. The van der Waals surface area contributed by atoms with Crippen LogP contribution in [0.2, 0.25) is 5.02 Å². The molecule has 7 heteroatoms. The molecule has 1 heterocycles. The highest BCUT2D eigenvalue weighted by molar-refractivity contribution is 6.31. The Labute approximate surface area is 160 Å². The summed E-state index contributed by atoms with van der Waals surface area (Å²) in [6.45, 7) is 3.70. The van der Waals surface area contributed by atoms with Crippen molar-refractivity contribution in [3.63, 3.8) is 0 Å². The number of ether oxygens (including phenoxy) is 1. The number of pyridine rings is 1. The first-order valence-electron chi connectivity index (χ1n) is 7.88. The molecule has 136 valence electrons. The van der Waals surface area contributed by atoms with Crippen molar-refractivity contribution >= 4 is 28.8 Å². The van der Waals surface area contributed by atoms with Gasteiger partial charge in [0.25, 0.3) is 0 Å². The lowest BCUT2D eigenvalue weighted by atomic mass is 10.1. The van der Waals surface area contributed by atoms with E-state index in [0.29, 0.717) is 22.0 Å². The number of aromatic nitrogens is 1. The Morgan fingerprint density at radius 3 is 2.63 bits per heavy atom. The fourth-order valence-electron chi connectivity index (χ4n) is 2.26. The van der Waals surface area contributed by atoms with E-state index in [1.54, 1.807) is 42.6 Å². The van der Waals surface area contributed by atoms with Crippen molar-refractivity contribution < 1.29 is 13.9 Å². The summed E-state index contributed by atoms with van der Waals surface area (Å²) in [6, 6.07) is 13.6. The first-order valence-corrected chi connectivity index (χ1v) is 8.26. The molecule has 2 aromatic carbocycles. The molecule has 27 heavy (non-hydrogen) atoms. The second kappa shape index (κ2) is 7.88. The van der Waals surface area contributed by atoms with Gasteiger partial charge in [0.2, 0.25) is 11.7 Å². The maximum atomic E-state index is 13.3. The molecule has 5 nitrogen and oxygen atoms in total. The van der Waals surface area contributed by atoms with Crippen LogP contribution < -0.4 is 15.8 Å². The second-order valence-electron chi connectivity index (χ2n) is 5.58. The Hall–Kier alpha value is -3.38. The third kappa shape index (κ3) is 4.43. The Balaban J connectivity index is 1.70. The number of nitrogen functional groups attached to an aromatic ring is 1. The molecule has 0 spiro atoms. The van der Waals surface area contributed by atoms with Crippen LogP contribution in [0.25, 0.3) is 0 Å². The lowest BCUT2D eigenvalue weighted by molar-refractivity contribution is 0.103. The number of nitrogens with one attached hydrogen (secondary N) is 1. The van der Waals surface area contributed by atoms with E-state index in [2.05, 4.69) is 16.9 Å². The van der Waals surface area contributed by atoms with Crippen LogP contribution in [0.3, 0.4) is 0 Å².